The van der Waals surface area contributed by atoms with Gasteiger partial charge in [-0.05, 0) is 50.6 Å². The van der Waals surface area contributed by atoms with E-state index in [1.165, 1.54) is 51.7 Å². The summed E-state index contributed by atoms with van der Waals surface area (Å²) in [4.78, 5) is 2.86. The van der Waals surface area contributed by atoms with Crippen molar-refractivity contribution in [3.8, 4) is 0 Å². The minimum absolute atomic E-state index is 0.829. The second-order valence-corrected chi connectivity index (χ2v) is 6.64. The van der Waals surface area contributed by atoms with Crippen molar-refractivity contribution >= 4 is 0 Å². The van der Waals surface area contributed by atoms with E-state index in [0.29, 0.717) is 0 Å². The molecule has 2 nitrogen and oxygen atoms in total. The third-order valence-electron chi connectivity index (χ3n) is 5.64. The van der Waals surface area contributed by atoms with E-state index in [2.05, 4.69) is 24.1 Å². The van der Waals surface area contributed by atoms with Gasteiger partial charge < -0.3 is 5.32 Å². The zero-order valence-corrected chi connectivity index (χ0v) is 11.5. The molecule has 0 bridgehead atoms. The van der Waals surface area contributed by atoms with Crippen LogP contribution in [0.1, 0.15) is 46.0 Å². The van der Waals surface area contributed by atoms with Crippen molar-refractivity contribution in [3.63, 3.8) is 0 Å². The summed E-state index contributed by atoms with van der Waals surface area (Å²) in [6.45, 7) is 8.78. The van der Waals surface area contributed by atoms with Crippen LogP contribution in [0.4, 0.5) is 0 Å². The van der Waals surface area contributed by atoms with Crippen LogP contribution in [-0.2, 0) is 0 Å². The van der Waals surface area contributed by atoms with Gasteiger partial charge in [0.1, 0.15) is 0 Å². The predicted molar refractivity (Wildman–Crippen MR) is 72.1 cm³/mol. The number of hydrogen-bond acceptors (Lipinski definition) is 2. The van der Waals surface area contributed by atoms with E-state index in [1.807, 2.05) is 0 Å². The monoisotopic (exact) mass is 236 g/mol. The molecule has 2 aliphatic heterocycles. The van der Waals surface area contributed by atoms with Crippen LogP contribution in [0, 0.1) is 17.8 Å². The Morgan fingerprint density at radius 2 is 2.12 bits per heavy atom. The van der Waals surface area contributed by atoms with E-state index in [9.17, 15) is 0 Å². The second kappa shape index (κ2) is 4.89. The fourth-order valence-electron chi connectivity index (χ4n) is 4.45. The lowest BCUT2D eigenvalue weighted by atomic mass is 9.80. The first-order valence-corrected chi connectivity index (χ1v) is 7.76. The quantitative estimate of drug-likeness (QED) is 0.807. The maximum atomic E-state index is 3.58. The van der Waals surface area contributed by atoms with Crippen molar-refractivity contribution in [3.05, 3.63) is 0 Å². The molecule has 2 heterocycles. The van der Waals surface area contributed by atoms with Crippen LogP contribution < -0.4 is 5.32 Å². The third kappa shape index (κ3) is 2.15. The fourth-order valence-corrected chi connectivity index (χ4v) is 4.45. The molecule has 1 N–H and O–H groups in total. The summed E-state index contributed by atoms with van der Waals surface area (Å²) in [7, 11) is 0. The molecule has 17 heavy (non-hydrogen) atoms. The maximum absolute atomic E-state index is 3.58. The van der Waals surface area contributed by atoms with Gasteiger partial charge in [0.15, 0.2) is 0 Å². The number of fused-ring (bicyclic) bond motifs is 1. The topological polar surface area (TPSA) is 15.3 Å². The fraction of sp³-hybridized carbons (Fsp3) is 1.00. The smallest absolute Gasteiger partial charge is 0.0140 e. The minimum Gasteiger partial charge on any atom is -0.316 e. The first-order valence-electron chi connectivity index (χ1n) is 7.76. The average molecular weight is 236 g/mol. The first kappa shape index (κ1) is 12.0. The van der Waals surface area contributed by atoms with Crippen molar-refractivity contribution in [1.29, 1.82) is 0 Å². The molecule has 3 aliphatic rings. The lowest BCUT2D eigenvalue weighted by molar-refractivity contribution is 0.126. The highest BCUT2D eigenvalue weighted by atomic mass is 15.2. The summed E-state index contributed by atoms with van der Waals surface area (Å²) >= 11 is 0. The maximum Gasteiger partial charge on any atom is 0.0140 e. The molecule has 98 valence electrons. The molecule has 0 radical (unpaired) electrons. The van der Waals surface area contributed by atoms with Crippen LogP contribution in [0.3, 0.4) is 0 Å². The lowest BCUT2D eigenvalue weighted by Crippen LogP contribution is -2.42. The van der Waals surface area contributed by atoms with Crippen LogP contribution in [0.2, 0.25) is 0 Å². The zero-order valence-electron chi connectivity index (χ0n) is 11.5. The van der Waals surface area contributed by atoms with Gasteiger partial charge in [-0.1, -0.05) is 26.2 Å². The Hall–Kier alpha value is -0.0800. The first-order chi connectivity index (χ1) is 8.29. The molecule has 0 amide bonds. The van der Waals surface area contributed by atoms with Gasteiger partial charge in [0.25, 0.3) is 0 Å². The molecular formula is C15H28N2. The van der Waals surface area contributed by atoms with Crippen molar-refractivity contribution in [2.45, 2.75) is 58.0 Å². The van der Waals surface area contributed by atoms with Crippen molar-refractivity contribution < 1.29 is 0 Å². The Morgan fingerprint density at radius 3 is 2.76 bits per heavy atom. The molecule has 4 atom stereocenters. The van der Waals surface area contributed by atoms with E-state index in [1.54, 1.807) is 0 Å². The van der Waals surface area contributed by atoms with Gasteiger partial charge in [0.2, 0.25) is 0 Å². The van der Waals surface area contributed by atoms with Crippen molar-refractivity contribution in [2.75, 3.05) is 19.6 Å². The number of hydrogen-bond donors (Lipinski definition) is 1. The van der Waals surface area contributed by atoms with Gasteiger partial charge in [0, 0.05) is 18.6 Å². The summed E-state index contributed by atoms with van der Waals surface area (Å²) < 4.78 is 0. The minimum atomic E-state index is 0.829. The number of likely N-dealkylation sites (tertiary alicyclic amines) is 1. The lowest BCUT2D eigenvalue weighted by Gasteiger charge is -2.36. The third-order valence-corrected chi connectivity index (χ3v) is 5.64. The zero-order chi connectivity index (χ0) is 11.8. The van der Waals surface area contributed by atoms with E-state index in [-0.39, 0.29) is 0 Å². The van der Waals surface area contributed by atoms with Crippen molar-refractivity contribution in [1.82, 2.24) is 10.2 Å². The molecule has 2 saturated heterocycles. The van der Waals surface area contributed by atoms with E-state index < -0.39 is 0 Å². The van der Waals surface area contributed by atoms with E-state index in [4.69, 9.17) is 0 Å². The SMILES string of the molecule is CCC1C2CNCC2CN1C(C)CC1CCC1. The van der Waals surface area contributed by atoms with Gasteiger partial charge in [-0.25, -0.2) is 0 Å². The highest BCUT2D eigenvalue weighted by molar-refractivity contribution is 4.99. The summed E-state index contributed by atoms with van der Waals surface area (Å²) in [6, 6.07) is 1.70. The van der Waals surface area contributed by atoms with Gasteiger partial charge >= 0.3 is 0 Å². The molecule has 0 aromatic heterocycles. The highest BCUT2D eigenvalue weighted by Crippen LogP contribution is 2.38. The Kier molecular flexibility index (Phi) is 3.45. The number of nitrogens with zero attached hydrogens (tertiary/aromatic N) is 1. The normalized spacial score (nSPS) is 40.2. The largest absolute Gasteiger partial charge is 0.316 e. The van der Waals surface area contributed by atoms with Crippen molar-refractivity contribution in [2.24, 2.45) is 17.8 Å². The average Bonchev–Trinajstić information content (AvgIpc) is 2.81. The Balaban J connectivity index is 1.61. The Morgan fingerprint density at radius 1 is 1.29 bits per heavy atom. The molecular weight excluding hydrogens is 208 g/mol. The Bertz CT molecular complexity index is 262. The second-order valence-electron chi connectivity index (χ2n) is 6.64. The van der Waals surface area contributed by atoms with Gasteiger partial charge in [0.05, 0.1) is 0 Å². The molecule has 1 aliphatic carbocycles. The predicted octanol–water partition coefficient (Wildman–Crippen LogP) is 2.49. The molecule has 2 heteroatoms. The molecule has 0 spiro atoms. The van der Waals surface area contributed by atoms with Gasteiger partial charge in [-0.3, -0.25) is 4.90 Å². The molecule has 1 saturated carbocycles. The van der Waals surface area contributed by atoms with Crippen LogP contribution in [0.15, 0.2) is 0 Å². The van der Waals surface area contributed by atoms with Crippen LogP contribution in [0.5, 0.6) is 0 Å². The molecule has 0 aromatic rings. The molecule has 4 unspecified atom stereocenters. The van der Waals surface area contributed by atoms with Crippen LogP contribution in [-0.4, -0.2) is 36.6 Å². The summed E-state index contributed by atoms with van der Waals surface area (Å²) in [5, 5.41) is 3.58. The van der Waals surface area contributed by atoms with E-state index >= 15 is 0 Å². The van der Waals surface area contributed by atoms with Crippen LogP contribution in [0.25, 0.3) is 0 Å². The molecule has 3 fully saturated rings. The standard InChI is InChI=1S/C15H28N2/c1-3-15-14-9-16-8-13(14)10-17(15)11(2)7-12-5-4-6-12/h11-16H,3-10H2,1-2H3. The summed E-state index contributed by atoms with van der Waals surface area (Å²) in [5.41, 5.74) is 0. The summed E-state index contributed by atoms with van der Waals surface area (Å²) in [5.74, 6) is 2.95. The van der Waals surface area contributed by atoms with Gasteiger partial charge in [-0.2, -0.15) is 0 Å². The highest BCUT2D eigenvalue weighted by Gasteiger charge is 2.44. The number of rotatable bonds is 4. The molecule has 0 aromatic carbocycles. The number of nitrogens with one attached hydrogen (secondary N) is 1. The van der Waals surface area contributed by atoms with Crippen LogP contribution >= 0.6 is 0 Å². The Labute approximate surface area is 106 Å². The molecule has 3 rings (SSSR count). The summed E-state index contributed by atoms with van der Waals surface area (Å²) in [6.07, 6.45) is 7.30. The van der Waals surface area contributed by atoms with Gasteiger partial charge in [-0.15, -0.1) is 0 Å². The van der Waals surface area contributed by atoms with E-state index in [0.717, 1.165) is 29.8 Å².